The van der Waals surface area contributed by atoms with Gasteiger partial charge in [-0.2, -0.15) is 0 Å². The molecule has 0 aliphatic carbocycles. The van der Waals surface area contributed by atoms with E-state index < -0.39 is 0 Å². The van der Waals surface area contributed by atoms with E-state index in [4.69, 9.17) is 4.74 Å². The topological polar surface area (TPSA) is 50.4 Å². The van der Waals surface area contributed by atoms with Gasteiger partial charge >= 0.3 is 0 Å². The van der Waals surface area contributed by atoms with Crippen LogP contribution in [0.5, 0.6) is 5.75 Å². The number of hydrogen-bond donors (Lipinski definition) is 2. The van der Waals surface area contributed by atoms with Gasteiger partial charge in [0.2, 0.25) is 0 Å². The maximum absolute atomic E-state index is 12.0. The first-order valence-electron chi connectivity index (χ1n) is 6.87. The molecule has 1 saturated heterocycles. The highest BCUT2D eigenvalue weighted by molar-refractivity contribution is 5.94. The Kier molecular flexibility index (Phi) is 4.80. The van der Waals surface area contributed by atoms with Gasteiger partial charge in [0.25, 0.3) is 5.91 Å². The molecule has 19 heavy (non-hydrogen) atoms. The number of carbonyl (C=O) groups excluding carboxylic acids is 1. The van der Waals surface area contributed by atoms with Crippen LogP contribution in [0.1, 0.15) is 36.5 Å². The molecule has 0 saturated carbocycles. The predicted octanol–water partition coefficient (Wildman–Crippen LogP) is 1.96. The third kappa shape index (κ3) is 3.96. The van der Waals surface area contributed by atoms with Gasteiger partial charge in [-0.3, -0.25) is 4.79 Å². The number of amides is 1. The standard InChI is InChI=1S/C15H22N2O2/c1-11-4-3-5-13(17-11)10-16-15(18)12-6-8-14(19-2)9-7-12/h6-9,11,13,17H,3-5,10H2,1-2H3,(H,16,18). The molecule has 104 valence electrons. The summed E-state index contributed by atoms with van der Waals surface area (Å²) in [6.45, 7) is 2.88. The minimum atomic E-state index is -0.0253. The molecular weight excluding hydrogens is 240 g/mol. The molecule has 1 aliphatic rings. The second kappa shape index (κ2) is 6.57. The summed E-state index contributed by atoms with van der Waals surface area (Å²) in [5.41, 5.74) is 0.671. The Morgan fingerprint density at radius 2 is 2.11 bits per heavy atom. The van der Waals surface area contributed by atoms with Crippen molar-refractivity contribution in [3.8, 4) is 5.75 Å². The summed E-state index contributed by atoms with van der Waals surface area (Å²) < 4.78 is 5.07. The zero-order valence-electron chi connectivity index (χ0n) is 11.6. The largest absolute Gasteiger partial charge is 0.497 e. The number of rotatable bonds is 4. The smallest absolute Gasteiger partial charge is 0.251 e. The molecule has 1 aliphatic heterocycles. The van der Waals surface area contributed by atoms with Crippen LogP contribution in [0.2, 0.25) is 0 Å². The third-order valence-corrected chi connectivity index (χ3v) is 3.57. The van der Waals surface area contributed by atoms with E-state index in [1.807, 2.05) is 0 Å². The molecule has 0 aromatic heterocycles. The maximum atomic E-state index is 12.0. The molecule has 0 radical (unpaired) electrons. The Bertz CT molecular complexity index is 417. The van der Waals surface area contributed by atoms with Crippen molar-refractivity contribution in [2.75, 3.05) is 13.7 Å². The summed E-state index contributed by atoms with van der Waals surface area (Å²) >= 11 is 0. The SMILES string of the molecule is COc1ccc(C(=O)NCC2CCCC(C)N2)cc1. The average molecular weight is 262 g/mol. The number of carbonyl (C=O) groups is 1. The lowest BCUT2D eigenvalue weighted by atomic mass is 9.99. The van der Waals surface area contributed by atoms with Gasteiger partial charge in [0.15, 0.2) is 0 Å². The average Bonchev–Trinajstić information content (AvgIpc) is 2.45. The number of hydrogen-bond acceptors (Lipinski definition) is 3. The molecule has 1 amide bonds. The molecule has 2 unspecified atom stereocenters. The molecule has 0 spiro atoms. The Hall–Kier alpha value is -1.55. The fourth-order valence-corrected chi connectivity index (χ4v) is 2.46. The van der Waals surface area contributed by atoms with Crippen LogP contribution in [-0.4, -0.2) is 31.6 Å². The molecule has 2 N–H and O–H groups in total. The summed E-state index contributed by atoms with van der Waals surface area (Å²) in [6, 6.07) is 8.12. The Morgan fingerprint density at radius 1 is 1.37 bits per heavy atom. The number of nitrogens with one attached hydrogen (secondary N) is 2. The zero-order valence-corrected chi connectivity index (χ0v) is 11.6. The van der Waals surface area contributed by atoms with Crippen molar-refractivity contribution < 1.29 is 9.53 Å². The van der Waals surface area contributed by atoms with Crippen LogP contribution in [0, 0.1) is 0 Å². The molecule has 2 rings (SSSR count). The van der Waals surface area contributed by atoms with E-state index in [0.29, 0.717) is 24.2 Å². The Balaban J connectivity index is 1.83. The fraction of sp³-hybridized carbons (Fsp3) is 0.533. The van der Waals surface area contributed by atoms with Crippen LogP contribution < -0.4 is 15.4 Å². The van der Waals surface area contributed by atoms with Crippen molar-refractivity contribution >= 4 is 5.91 Å². The Labute approximate surface area is 114 Å². The molecule has 4 nitrogen and oxygen atoms in total. The van der Waals surface area contributed by atoms with E-state index in [2.05, 4.69) is 17.6 Å². The van der Waals surface area contributed by atoms with Gasteiger partial charge in [-0.15, -0.1) is 0 Å². The van der Waals surface area contributed by atoms with Crippen LogP contribution in [-0.2, 0) is 0 Å². The zero-order chi connectivity index (χ0) is 13.7. The van der Waals surface area contributed by atoms with E-state index in [-0.39, 0.29) is 5.91 Å². The van der Waals surface area contributed by atoms with E-state index >= 15 is 0 Å². The molecule has 1 aromatic rings. The molecule has 1 fully saturated rings. The summed E-state index contributed by atoms with van der Waals surface area (Å²) in [4.78, 5) is 12.0. The second-order valence-corrected chi connectivity index (χ2v) is 5.13. The molecule has 1 aromatic carbocycles. The second-order valence-electron chi connectivity index (χ2n) is 5.13. The lowest BCUT2D eigenvalue weighted by Crippen LogP contribution is -2.47. The highest BCUT2D eigenvalue weighted by atomic mass is 16.5. The molecule has 1 heterocycles. The first kappa shape index (κ1) is 13.9. The summed E-state index contributed by atoms with van der Waals surface area (Å²) in [6.07, 6.45) is 3.59. The highest BCUT2D eigenvalue weighted by Gasteiger charge is 2.18. The van der Waals surface area contributed by atoms with Crippen LogP contribution in [0.4, 0.5) is 0 Å². The van der Waals surface area contributed by atoms with E-state index in [0.717, 1.165) is 12.2 Å². The maximum Gasteiger partial charge on any atom is 0.251 e. The van der Waals surface area contributed by atoms with Crippen LogP contribution >= 0.6 is 0 Å². The van der Waals surface area contributed by atoms with Gasteiger partial charge in [-0.25, -0.2) is 0 Å². The first-order chi connectivity index (χ1) is 9.19. The quantitative estimate of drug-likeness (QED) is 0.872. The van der Waals surface area contributed by atoms with E-state index in [9.17, 15) is 4.79 Å². The lowest BCUT2D eigenvalue weighted by molar-refractivity contribution is 0.0946. The summed E-state index contributed by atoms with van der Waals surface area (Å²) in [5, 5.41) is 6.49. The van der Waals surface area contributed by atoms with Crippen LogP contribution in [0.15, 0.2) is 24.3 Å². The van der Waals surface area contributed by atoms with Gasteiger partial charge in [-0.1, -0.05) is 6.42 Å². The number of benzene rings is 1. The van der Waals surface area contributed by atoms with Crippen molar-refractivity contribution in [2.45, 2.75) is 38.3 Å². The van der Waals surface area contributed by atoms with Crippen LogP contribution in [0.25, 0.3) is 0 Å². The van der Waals surface area contributed by atoms with Crippen LogP contribution in [0.3, 0.4) is 0 Å². The molecular formula is C15H22N2O2. The third-order valence-electron chi connectivity index (χ3n) is 3.57. The number of methoxy groups -OCH3 is 1. The number of piperidine rings is 1. The molecule has 2 atom stereocenters. The van der Waals surface area contributed by atoms with Crippen molar-refractivity contribution in [1.82, 2.24) is 10.6 Å². The minimum Gasteiger partial charge on any atom is -0.497 e. The lowest BCUT2D eigenvalue weighted by Gasteiger charge is -2.28. The summed E-state index contributed by atoms with van der Waals surface area (Å²) in [5.74, 6) is 0.738. The molecule has 4 heteroatoms. The van der Waals surface area contributed by atoms with Crippen molar-refractivity contribution in [3.05, 3.63) is 29.8 Å². The highest BCUT2D eigenvalue weighted by Crippen LogP contribution is 2.13. The first-order valence-corrected chi connectivity index (χ1v) is 6.87. The number of ether oxygens (including phenoxy) is 1. The van der Waals surface area contributed by atoms with Gasteiger partial charge in [0.05, 0.1) is 7.11 Å². The van der Waals surface area contributed by atoms with E-state index in [1.165, 1.54) is 12.8 Å². The predicted molar refractivity (Wildman–Crippen MR) is 75.6 cm³/mol. The van der Waals surface area contributed by atoms with Gasteiger partial charge in [0.1, 0.15) is 5.75 Å². The normalized spacial score (nSPS) is 22.8. The van der Waals surface area contributed by atoms with Crippen molar-refractivity contribution in [1.29, 1.82) is 0 Å². The Morgan fingerprint density at radius 3 is 2.74 bits per heavy atom. The van der Waals surface area contributed by atoms with Gasteiger partial charge < -0.3 is 15.4 Å². The monoisotopic (exact) mass is 262 g/mol. The van der Waals surface area contributed by atoms with Gasteiger partial charge in [-0.05, 0) is 44.0 Å². The molecule has 0 bridgehead atoms. The van der Waals surface area contributed by atoms with Crippen molar-refractivity contribution in [2.24, 2.45) is 0 Å². The van der Waals surface area contributed by atoms with E-state index in [1.54, 1.807) is 31.4 Å². The van der Waals surface area contributed by atoms with Crippen molar-refractivity contribution in [3.63, 3.8) is 0 Å². The minimum absolute atomic E-state index is 0.0253. The van der Waals surface area contributed by atoms with Gasteiger partial charge in [0, 0.05) is 24.2 Å². The summed E-state index contributed by atoms with van der Waals surface area (Å²) in [7, 11) is 1.62. The fourth-order valence-electron chi connectivity index (χ4n) is 2.46.